The van der Waals surface area contributed by atoms with E-state index < -0.39 is 41.4 Å². The second-order valence-corrected chi connectivity index (χ2v) is 10.9. The van der Waals surface area contributed by atoms with Gasteiger partial charge in [0.2, 0.25) is 0 Å². The number of pyridine rings is 1. The van der Waals surface area contributed by atoms with Crippen molar-refractivity contribution in [2.24, 2.45) is 0 Å². The molecule has 3 heterocycles. The minimum absolute atomic E-state index is 0.103. The Kier molecular flexibility index (Phi) is 8.32. The molecule has 218 valence electrons. The van der Waals surface area contributed by atoms with Crippen molar-refractivity contribution in [2.45, 2.75) is 65.7 Å². The van der Waals surface area contributed by atoms with Crippen molar-refractivity contribution in [3.63, 3.8) is 0 Å². The number of rotatable bonds is 9. The zero-order valence-electron chi connectivity index (χ0n) is 23.8. The molecule has 0 fully saturated rings. The van der Waals surface area contributed by atoms with Crippen LogP contribution in [0.15, 0.2) is 47.5 Å². The molecule has 2 N–H and O–H groups in total. The Morgan fingerprint density at radius 1 is 1.15 bits per heavy atom. The molecule has 0 saturated carbocycles. The van der Waals surface area contributed by atoms with Crippen molar-refractivity contribution in [3.05, 3.63) is 71.6 Å². The van der Waals surface area contributed by atoms with E-state index in [1.165, 1.54) is 23.1 Å². The Morgan fingerprint density at radius 3 is 2.46 bits per heavy atom. The number of ether oxygens (including phenoxy) is 2. The van der Waals surface area contributed by atoms with Gasteiger partial charge in [0.05, 0.1) is 23.0 Å². The van der Waals surface area contributed by atoms with Gasteiger partial charge in [-0.05, 0) is 59.2 Å². The fraction of sp³-hybridized carbons (Fsp3) is 0.379. The number of aryl methyl sites for hydroxylation is 1. The molecule has 1 unspecified atom stereocenters. The number of fused-ring (bicyclic) bond motifs is 1. The fourth-order valence-corrected chi connectivity index (χ4v) is 4.09. The van der Waals surface area contributed by atoms with Gasteiger partial charge in [0.15, 0.2) is 23.6 Å². The minimum Gasteiger partial charge on any atom is -0.485 e. The summed E-state index contributed by atoms with van der Waals surface area (Å²) >= 11 is 0. The van der Waals surface area contributed by atoms with E-state index in [0.29, 0.717) is 23.4 Å². The van der Waals surface area contributed by atoms with E-state index in [2.05, 4.69) is 20.6 Å². The summed E-state index contributed by atoms with van der Waals surface area (Å²) in [6, 6.07) is 5.16. The van der Waals surface area contributed by atoms with Crippen LogP contribution >= 0.6 is 0 Å². The summed E-state index contributed by atoms with van der Waals surface area (Å²) in [6.45, 7) is 10.3. The van der Waals surface area contributed by atoms with Crippen LogP contribution in [0.2, 0.25) is 0 Å². The van der Waals surface area contributed by atoms with Gasteiger partial charge in [0.25, 0.3) is 5.91 Å². The summed E-state index contributed by atoms with van der Waals surface area (Å²) in [7, 11) is 0. The van der Waals surface area contributed by atoms with Gasteiger partial charge in [-0.3, -0.25) is 9.20 Å². The first-order valence-corrected chi connectivity index (χ1v) is 13.1. The highest BCUT2D eigenvalue weighted by molar-refractivity contribution is 5.95. The molecule has 1 atom stereocenters. The summed E-state index contributed by atoms with van der Waals surface area (Å²) in [5.41, 5.74) is -0.359. The number of nitrogens with one attached hydrogen (secondary N) is 2. The number of alkyl carbamates (subject to hydrolysis) is 1. The smallest absolute Gasteiger partial charge is 0.408 e. The first kappa shape index (κ1) is 29.5. The van der Waals surface area contributed by atoms with Crippen LogP contribution in [0.25, 0.3) is 17.0 Å². The standard InChI is InChI=1S/C29H33F2N5O5/c1-7-29(6,35-27(38)41-28(3,4)5)15-33-26(37)24-17(2)34-25-22(39-14-19-20(30)9-8-10-21(19)31)11-18(13-36(24)25)23-12-32-16-40-23/h8-13,16H,7,14-15H2,1-6H3,(H,33,37)(H,35,38). The maximum absolute atomic E-state index is 14.3. The third-order valence-corrected chi connectivity index (χ3v) is 6.45. The second-order valence-electron chi connectivity index (χ2n) is 10.9. The molecule has 2 amide bonds. The van der Waals surface area contributed by atoms with E-state index in [-0.39, 0.29) is 29.2 Å². The number of hydrogen-bond donors (Lipinski definition) is 2. The van der Waals surface area contributed by atoms with Crippen molar-refractivity contribution in [1.29, 1.82) is 0 Å². The number of carbonyl (C=O) groups is 2. The predicted molar refractivity (Wildman–Crippen MR) is 147 cm³/mol. The minimum atomic E-state index is -0.796. The van der Waals surface area contributed by atoms with Gasteiger partial charge in [0.1, 0.15) is 29.5 Å². The third kappa shape index (κ3) is 6.82. The Hall–Kier alpha value is -4.48. The van der Waals surface area contributed by atoms with Crippen molar-refractivity contribution in [3.8, 4) is 17.1 Å². The predicted octanol–water partition coefficient (Wildman–Crippen LogP) is 5.58. The van der Waals surface area contributed by atoms with E-state index in [9.17, 15) is 18.4 Å². The Morgan fingerprint density at radius 2 is 1.85 bits per heavy atom. The van der Waals surface area contributed by atoms with Gasteiger partial charge in [-0.25, -0.2) is 23.5 Å². The van der Waals surface area contributed by atoms with Crippen molar-refractivity contribution < 1.29 is 32.3 Å². The molecular weight excluding hydrogens is 536 g/mol. The summed E-state index contributed by atoms with van der Waals surface area (Å²) in [4.78, 5) is 34.4. The first-order chi connectivity index (χ1) is 19.3. The molecule has 0 saturated heterocycles. The number of carbonyl (C=O) groups excluding carboxylic acids is 2. The molecule has 0 aliphatic carbocycles. The molecule has 0 aliphatic heterocycles. The van der Waals surface area contributed by atoms with Crippen LogP contribution < -0.4 is 15.4 Å². The Labute approximate surface area is 236 Å². The van der Waals surface area contributed by atoms with Crippen LogP contribution in [0.4, 0.5) is 13.6 Å². The van der Waals surface area contributed by atoms with Crippen LogP contribution in [0.3, 0.4) is 0 Å². The largest absolute Gasteiger partial charge is 0.485 e. The Bertz CT molecular complexity index is 1540. The lowest BCUT2D eigenvalue weighted by Gasteiger charge is -2.31. The molecular formula is C29H33F2N5O5. The highest BCUT2D eigenvalue weighted by Crippen LogP contribution is 2.30. The summed E-state index contributed by atoms with van der Waals surface area (Å²) in [5, 5.41) is 5.71. The summed E-state index contributed by atoms with van der Waals surface area (Å²) in [5.74, 6) is -1.39. The lowest BCUT2D eigenvalue weighted by molar-refractivity contribution is 0.0456. The number of oxazole rings is 1. The van der Waals surface area contributed by atoms with E-state index in [1.54, 1.807) is 46.9 Å². The first-order valence-electron chi connectivity index (χ1n) is 13.1. The van der Waals surface area contributed by atoms with Crippen LogP contribution in [-0.4, -0.2) is 44.1 Å². The van der Waals surface area contributed by atoms with E-state index in [4.69, 9.17) is 13.9 Å². The lowest BCUT2D eigenvalue weighted by Crippen LogP contribution is -2.54. The number of hydrogen-bond acceptors (Lipinski definition) is 7. The average molecular weight is 570 g/mol. The van der Waals surface area contributed by atoms with Crippen LogP contribution in [-0.2, 0) is 11.3 Å². The molecule has 0 bridgehead atoms. The van der Waals surface area contributed by atoms with E-state index in [1.807, 2.05) is 6.92 Å². The van der Waals surface area contributed by atoms with Gasteiger partial charge >= 0.3 is 6.09 Å². The normalized spacial score (nSPS) is 13.1. The quantitative estimate of drug-likeness (QED) is 0.270. The van der Waals surface area contributed by atoms with E-state index >= 15 is 0 Å². The molecule has 0 aliphatic rings. The van der Waals surface area contributed by atoms with Crippen LogP contribution in [0.5, 0.6) is 5.75 Å². The van der Waals surface area contributed by atoms with Gasteiger partial charge in [-0.2, -0.15) is 0 Å². The zero-order chi connectivity index (χ0) is 29.9. The van der Waals surface area contributed by atoms with Gasteiger partial charge < -0.3 is 24.5 Å². The van der Waals surface area contributed by atoms with E-state index in [0.717, 1.165) is 12.1 Å². The topological polar surface area (TPSA) is 120 Å². The number of nitrogens with zero attached hydrogens (tertiary/aromatic N) is 3. The summed E-state index contributed by atoms with van der Waals surface area (Å²) in [6.07, 6.45) is 4.30. The average Bonchev–Trinajstić information content (AvgIpc) is 3.53. The zero-order valence-corrected chi connectivity index (χ0v) is 23.8. The lowest BCUT2D eigenvalue weighted by atomic mass is 9.99. The number of halogens is 2. The maximum Gasteiger partial charge on any atom is 0.408 e. The molecule has 4 aromatic rings. The van der Waals surface area contributed by atoms with Crippen LogP contribution in [0.1, 0.15) is 62.8 Å². The monoisotopic (exact) mass is 569 g/mol. The molecule has 1 aromatic carbocycles. The number of amides is 2. The molecule has 4 rings (SSSR count). The fourth-order valence-electron chi connectivity index (χ4n) is 4.09. The van der Waals surface area contributed by atoms with Gasteiger partial charge in [0, 0.05) is 18.3 Å². The van der Waals surface area contributed by atoms with Crippen molar-refractivity contribution >= 4 is 17.6 Å². The molecule has 10 nitrogen and oxygen atoms in total. The van der Waals surface area contributed by atoms with Gasteiger partial charge in [-0.15, -0.1) is 0 Å². The van der Waals surface area contributed by atoms with Crippen LogP contribution in [0, 0.1) is 18.6 Å². The Balaban J connectivity index is 1.65. The maximum atomic E-state index is 14.3. The molecule has 0 spiro atoms. The molecule has 41 heavy (non-hydrogen) atoms. The second kappa shape index (κ2) is 11.6. The van der Waals surface area contributed by atoms with Crippen molar-refractivity contribution in [2.75, 3.05) is 6.54 Å². The highest BCUT2D eigenvalue weighted by atomic mass is 19.1. The SMILES string of the molecule is CCC(C)(CNC(=O)c1c(C)nc2c(OCc3c(F)cccc3F)cc(-c3cnco3)cn12)NC(=O)OC(C)(C)C. The number of aromatic nitrogens is 3. The molecule has 3 aromatic heterocycles. The third-order valence-electron chi connectivity index (χ3n) is 6.45. The van der Waals surface area contributed by atoms with Crippen molar-refractivity contribution in [1.82, 2.24) is 25.0 Å². The van der Waals surface area contributed by atoms with Gasteiger partial charge in [-0.1, -0.05) is 13.0 Å². The molecule has 12 heteroatoms. The number of benzene rings is 1. The highest BCUT2D eigenvalue weighted by Gasteiger charge is 2.29. The summed E-state index contributed by atoms with van der Waals surface area (Å²) < 4.78 is 46.7. The molecule has 0 radical (unpaired) electrons. The number of imidazole rings is 1.